The molecular formula is C35H36N4O3. The summed E-state index contributed by atoms with van der Waals surface area (Å²) in [7, 11) is 1.71. The van der Waals surface area contributed by atoms with Gasteiger partial charge in [-0.1, -0.05) is 42.5 Å². The topological polar surface area (TPSA) is 69.1 Å². The van der Waals surface area contributed by atoms with E-state index in [2.05, 4.69) is 58.9 Å². The molecule has 2 aromatic carbocycles. The molecule has 0 amide bonds. The highest BCUT2D eigenvalue weighted by Gasteiger charge is 2.51. The van der Waals surface area contributed by atoms with Crippen LogP contribution in [0.15, 0.2) is 96.6 Å². The molecule has 7 heteroatoms. The molecule has 4 aromatic rings. The second kappa shape index (κ2) is 11.2. The second-order valence-electron chi connectivity index (χ2n) is 11.6. The lowest BCUT2D eigenvalue weighted by molar-refractivity contribution is -0.0779. The molecule has 214 valence electrons. The Morgan fingerprint density at radius 3 is 2.81 bits per heavy atom. The third-order valence-corrected chi connectivity index (χ3v) is 9.19. The number of methoxy groups -OCH3 is 1. The van der Waals surface area contributed by atoms with Crippen LogP contribution in [0, 0.1) is 11.8 Å². The van der Waals surface area contributed by atoms with E-state index in [9.17, 15) is 0 Å². The number of fused-ring (bicyclic) bond motifs is 4. The van der Waals surface area contributed by atoms with Crippen molar-refractivity contribution in [1.29, 1.82) is 0 Å². The lowest BCUT2D eigenvalue weighted by Crippen LogP contribution is -2.61. The molecule has 2 bridgehead atoms. The second-order valence-corrected chi connectivity index (χ2v) is 11.6. The number of hydrogen-bond donors (Lipinski definition) is 0. The van der Waals surface area contributed by atoms with Gasteiger partial charge in [0.25, 0.3) is 0 Å². The van der Waals surface area contributed by atoms with Crippen LogP contribution in [0.2, 0.25) is 0 Å². The van der Waals surface area contributed by atoms with Crippen LogP contribution in [-0.4, -0.2) is 60.2 Å². The van der Waals surface area contributed by atoms with Gasteiger partial charge in [-0.2, -0.15) is 0 Å². The predicted octanol–water partition coefficient (Wildman–Crippen LogP) is 5.83. The van der Waals surface area contributed by atoms with Gasteiger partial charge < -0.3 is 14.2 Å². The minimum atomic E-state index is -0.324. The Morgan fingerprint density at radius 1 is 1.10 bits per heavy atom. The Kier molecular flexibility index (Phi) is 7.12. The summed E-state index contributed by atoms with van der Waals surface area (Å²) in [5.41, 5.74) is 3.81. The van der Waals surface area contributed by atoms with Gasteiger partial charge in [0.15, 0.2) is 0 Å². The summed E-state index contributed by atoms with van der Waals surface area (Å²) in [6, 6.07) is 24.6. The van der Waals surface area contributed by atoms with E-state index in [1.165, 1.54) is 17.5 Å². The first-order valence-corrected chi connectivity index (χ1v) is 14.8. The molecule has 0 radical (unpaired) electrons. The highest BCUT2D eigenvalue weighted by molar-refractivity contribution is 5.93. The van der Waals surface area contributed by atoms with Crippen molar-refractivity contribution < 1.29 is 14.2 Å². The highest BCUT2D eigenvalue weighted by Crippen LogP contribution is 2.50. The van der Waals surface area contributed by atoms with E-state index in [4.69, 9.17) is 24.2 Å². The minimum absolute atomic E-state index is 0.0809. The van der Waals surface area contributed by atoms with Gasteiger partial charge in [-0.05, 0) is 79.1 Å². The number of pyridine rings is 2. The normalized spacial score (nSPS) is 26.5. The van der Waals surface area contributed by atoms with Gasteiger partial charge in [0.05, 0.1) is 24.2 Å². The average molecular weight is 561 g/mol. The van der Waals surface area contributed by atoms with E-state index >= 15 is 0 Å². The first-order valence-electron chi connectivity index (χ1n) is 14.8. The van der Waals surface area contributed by atoms with Crippen molar-refractivity contribution in [3.63, 3.8) is 0 Å². The maximum absolute atomic E-state index is 6.61. The molecule has 8 rings (SSSR count). The van der Waals surface area contributed by atoms with E-state index in [1.54, 1.807) is 7.11 Å². The van der Waals surface area contributed by atoms with Gasteiger partial charge in [0.1, 0.15) is 24.7 Å². The summed E-state index contributed by atoms with van der Waals surface area (Å²) in [6.07, 6.45) is 7.04. The molecule has 0 saturated carbocycles. The third-order valence-electron chi connectivity index (χ3n) is 9.19. The van der Waals surface area contributed by atoms with Crippen molar-refractivity contribution in [3.05, 3.63) is 108 Å². The fourth-order valence-corrected chi connectivity index (χ4v) is 7.02. The van der Waals surface area contributed by atoms with E-state index in [-0.39, 0.29) is 11.6 Å². The quantitative estimate of drug-likeness (QED) is 0.240. The molecule has 1 unspecified atom stereocenters. The lowest BCUT2D eigenvalue weighted by Gasteiger charge is -2.57. The first-order chi connectivity index (χ1) is 20.6. The van der Waals surface area contributed by atoms with Crippen molar-refractivity contribution in [2.75, 3.05) is 33.4 Å². The summed E-state index contributed by atoms with van der Waals surface area (Å²) in [4.78, 5) is 17.0. The Hall–Kier alpha value is -4.23. The maximum atomic E-state index is 6.61. The van der Waals surface area contributed by atoms with Gasteiger partial charge in [-0.3, -0.25) is 9.88 Å². The number of rotatable bonds is 9. The van der Waals surface area contributed by atoms with E-state index < -0.39 is 0 Å². The van der Waals surface area contributed by atoms with Crippen LogP contribution >= 0.6 is 0 Å². The predicted molar refractivity (Wildman–Crippen MR) is 164 cm³/mol. The SMILES string of the molecule is C=C[C@H]1CN2CC[C@@H]1C[C@]2(COc1cccc(C2=N[C@@H](Cc3ccccc3)CO2)n1)c1ccnc2ccc(OC)cc12. The molecule has 0 N–H and O–H groups in total. The van der Waals surface area contributed by atoms with Crippen molar-refractivity contribution >= 4 is 16.8 Å². The summed E-state index contributed by atoms with van der Waals surface area (Å²) in [5.74, 6) is 3.01. The number of nitrogens with zero attached hydrogens (tertiary/aromatic N) is 4. The molecule has 3 fully saturated rings. The molecule has 0 aliphatic carbocycles. The minimum Gasteiger partial charge on any atom is -0.497 e. The fraction of sp³-hybridized carbons (Fsp3) is 0.343. The first kappa shape index (κ1) is 26.7. The van der Waals surface area contributed by atoms with Crippen molar-refractivity contribution in [2.45, 2.75) is 30.8 Å². The van der Waals surface area contributed by atoms with Crippen LogP contribution in [-0.2, 0) is 16.7 Å². The van der Waals surface area contributed by atoms with Gasteiger partial charge >= 0.3 is 0 Å². The number of piperidine rings is 3. The monoisotopic (exact) mass is 560 g/mol. The van der Waals surface area contributed by atoms with Crippen LogP contribution in [0.5, 0.6) is 11.6 Å². The molecule has 7 nitrogen and oxygen atoms in total. The Morgan fingerprint density at radius 2 is 2.00 bits per heavy atom. The van der Waals surface area contributed by atoms with Crippen molar-refractivity contribution in [2.24, 2.45) is 16.8 Å². The zero-order valence-electron chi connectivity index (χ0n) is 24.0. The third kappa shape index (κ3) is 4.92. The summed E-state index contributed by atoms with van der Waals surface area (Å²) in [6.45, 7) is 7.17. The van der Waals surface area contributed by atoms with Crippen LogP contribution in [0.25, 0.3) is 10.9 Å². The van der Waals surface area contributed by atoms with Gasteiger partial charge in [-0.25, -0.2) is 9.98 Å². The van der Waals surface area contributed by atoms with Crippen molar-refractivity contribution in [1.82, 2.24) is 14.9 Å². The molecule has 4 aliphatic rings. The van der Waals surface area contributed by atoms with Crippen molar-refractivity contribution in [3.8, 4) is 11.6 Å². The summed E-state index contributed by atoms with van der Waals surface area (Å²) < 4.78 is 18.2. The van der Waals surface area contributed by atoms with Gasteiger partial charge in [0, 0.05) is 24.2 Å². The molecule has 5 atom stereocenters. The van der Waals surface area contributed by atoms with E-state index in [1.807, 2.05) is 42.6 Å². The molecular weight excluding hydrogens is 524 g/mol. The van der Waals surface area contributed by atoms with Crippen LogP contribution in [0.3, 0.4) is 0 Å². The number of ether oxygens (including phenoxy) is 3. The smallest absolute Gasteiger partial charge is 0.235 e. The summed E-state index contributed by atoms with van der Waals surface area (Å²) in [5, 5.41) is 1.10. The largest absolute Gasteiger partial charge is 0.497 e. The average Bonchev–Trinajstić information content (AvgIpc) is 3.52. The molecule has 0 spiro atoms. The van der Waals surface area contributed by atoms with Gasteiger partial charge in [0.2, 0.25) is 11.8 Å². The zero-order valence-corrected chi connectivity index (χ0v) is 24.0. The highest BCUT2D eigenvalue weighted by atomic mass is 16.5. The number of aromatic nitrogens is 2. The molecule has 42 heavy (non-hydrogen) atoms. The van der Waals surface area contributed by atoms with E-state index in [0.29, 0.717) is 42.5 Å². The van der Waals surface area contributed by atoms with Crippen LogP contribution in [0.1, 0.15) is 29.7 Å². The van der Waals surface area contributed by atoms with Crippen LogP contribution in [0.4, 0.5) is 0 Å². The summed E-state index contributed by atoms with van der Waals surface area (Å²) >= 11 is 0. The number of benzene rings is 2. The Bertz CT molecular complexity index is 1620. The number of hydrogen-bond acceptors (Lipinski definition) is 7. The Balaban J connectivity index is 1.18. The van der Waals surface area contributed by atoms with Gasteiger partial charge in [-0.15, -0.1) is 6.58 Å². The lowest BCUT2D eigenvalue weighted by atomic mass is 9.66. The Labute approximate surface area is 246 Å². The fourth-order valence-electron chi connectivity index (χ4n) is 7.02. The zero-order chi connectivity index (χ0) is 28.5. The maximum Gasteiger partial charge on any atom is 0.235 e. The van der Waals surface area contributed by atoms with Crippen LogP contribution < -0.4 is 9.47 Å². The molecule has 6 heterocycles. The molecule has 4 aliphatic heterocycles. The van der Waals surface area contributed by atoms with E-state index in [0.717, 1.165) is 42.6 Å². The molecule has 3 saturated heterocycles. The number of aliphatic imine (C=N–C) groups is 1. The molecule has 2 aromatic heterocycles. The standard InChI is InChI=1S/C35H36N4O3/c1-3-25-21-39-17-15-26(25)20-35(39,30-14-16-36-31-13-12-28(40-2)19-29(30)31)23-42-33-11-7-10-32(38-33)34-37-27(22-41-34)18-24-8-5-4-6-9-24/h3-14,16,19,25-27H,1,15,17-18,20-23H2,2H3/t25-,26+,27-,35-/m0/s1.